The SMILES string of the molecule is CCC(CC)OC(=O)CCC(=O)OC[C@H]1O[C@@H]([n+]2cccc(C(=O)O)c2)[C@H](OC(C)=O)[C@@H]1C. The second kappa shape index (κ2) is 12.3. The fourth-order valence-corrected chi connectivity index (χ4v) is 3.57. The molecule has 1 aromatic rings. The first-order valence-electron chi connectivity index (χ1n) is 11.1. The summed E-state index contributed by atoms with van der Waals surface area (Å²) in [5.41, 5.74) is 0.0467. The standard InChI is InChI=1S/C23H31NO9/c1-5-17(6-2)32-20(27)10-9-19(26)30-13-18-14(3)21(31-15(4)25)22(33-18)24-11-7-8-16(12-24)23(28)29/h7-8,11-12,14,17-18,21-22H,5-6,9-10,13H2,1-4H3/p+1/t14-,18-,21-,22-/m1/s1. The first-order chi connectivity index (χ1) is 15.7. The molecule has 10 nitrogen and oxygen atoms in total. The van der Waals surface area contributed by atoms with Gasteiger partial charge in [-0.25, -0.2) is 4.79 Å². The summed E-state index contributed by atoms with van der Waals surface area (Å²) in [6, 6.07) is 2.99. The second-order valence-corrected chi connectivity index (χ2v) is 7.95. The van der Waals surface area contributed by atoms with Crippen LogP contribution >= 0.6 is 0 Å². The minimum atomic E-state index is -1.10. The van der Waals surface area contributed by atoms with Crippen LogP contribution in [0.3, 0.4) is 0 Å². The van der Waals surface area contributed by atoms with Gasteiger partial charge in [0.15, 0.2) is 18.5 Å². The summed E-state index contributed by atoms with van der Waals surface area (Å²) < 4.78 is 23.5. The Labute approximate surface area is 192 Å². The predicted molar refractivity (Wildman–Crippen MR) is 113 cm³/mol. The van der Waals surface area contributed by atoms with Crippen LogP contribution in [0.5, 0.6) is 0 Å². The fraction of sp³-hybridized carbons (Fsp3) is 0.609. The number of carbonyl (C=O) groups excluding carboxylic acids is 3. The Morgan fingerprint density at radius 3 is 2.42 bits per heavy atom. The lowest BCUT2D eigenvalue weighted by molar-refractivity contribution is -0.765. The largest absolute Gasteiger partial charge is 0.477 e. The van der Waals surface area contributed by atoms with E-state index >= 15 is 0 Å². The summed E-state index contributed by atoms with van der Waals surface area (Å²) in [7, 11) is 0. The lowest BCUT2D eigenvalue weighted by Gasteiger charge is -2.18. The smallest absolute Gasteiger partial charge is 0.341 e. The molecule has 10 heteroatoms. The van der Waals surface area contributed by atoms with Crippen molar-refractivity contribution in [3.8, 4) is 0 Å². The quantitative estimate of drug-likeness (QED) is 0.296. The number of aromatic nitrogens is 1. The molecular weight excluding hydrogens is 434 g/mol. The van der Waals surface area contributed by atoms with Gasteiger partial charge in [-0.15, -0.1) is 0 Å². The van der Waals surface area contributed by atoms with E-state index in [1.807, 2.05) is 13.8 Å². The van der Waals surface area contributed by atoms with Gasteiger partial charge in [0.2, 0.25) is 0 Å². The molecule has 1 fully saturated rings. The van der Waals surface area contributed by atoms with Gasteiger partial charge in [-0.1, -0.05) is 20.8 Å². The van der Waals surface area contributed by atoms with E-state index in [1.165, 1.54) is 23.8 Å². The van der Waals surface area contributed by atoms with Crippen LogP contribution in [-0.2, 0) is 33.3 Å². The number of nitrogens with zero attached hydrogens (tertiary/aromatic N) is 1. The third kappa shape index (κ3) is 7.52. The maximum Gasteiger partial charge on any atom is 0.341 e. The zero-order chi connectivity index (χ0) is 24.5. The van der Waals surface area contributed by atoms with E-state index in [0.29, 0.717) is 12.8 Å². The van der Waals surface area contributed by atoms with E-state index < -0.39 is 42.3 Å². The van der Waals surface area contributed by atoms with Crippen LogP contribution in [0.2, 0.25) is 0 Å². The summed E-state index contributed by atoms with van der Waals surface area (Å²) >= 11 is 0. The van der Waals surface area contributed by atoms with Crippen LogP contribution in [-0.4, -0.2) is 53.9 Å². The van der Waals surface area contributed by atoms with E-state index in [1.54, 1.807) is 19.2 Å². The minimum absolute atomic E-state index is 0.0467. The zero-order valence-electron chi connectivity index (χ0n) is 19.4. The zero-order valence-corrected chi connectivity index (χ0v) is 19.4. The van der Waals surface area contributed by atoms with Crippen LogP contribution in [0.25, 0.3) is 0 Å². The van der Waals surface area contributed by atoms with Crippen molar-refractivity contribution in [2.75, 3.05) is 6.61 Å². The Kier molecular flexibility index (Phi) is 9.77. The summed E-state index contributed by atoms with van der Waals surface area (Å²) in [5, 5.41) is 9.25. The van der Waals surface area contributed by atoms with Crippen LogP contribution in [0.4, 0.5) is 0 Å². The molecule has 1 saturated heterocycles. The van der Waals surface area contributed by atoms with Gasteiger partial charge < -0.3 is 24.1 Å². The van der Waals surface area contributed by atoms with Gasteiger partial charge in [-0.3, -0.25) is 14.4 Å². The monoisotopic (exact) mass is 466 g/mol. The molecule has 2 heterocycles. The molecule has 0 spiro atoms. The van der Waals surface area contributed by atoms with Gasteiger partial charge in [0.25, 0.3) is 0 Å². The lowest BCUT2D eigenvalue weighted by Crippen LogP contribution is -2.46. The number of carboxylic acid groups (broad SMARTS) is 1. The average molecular weight is 467 g/mol. The van der Waals surface area contributed by atoms with Gasteiger partial charge >= 0.3 is 30.1 Å². The molecule has 0 unspecified atom stereocenters. The van der Waals surface area contributed by atoms with E-state index in [-0.39, 0.29) is 37.0 Å². The highest BCUT2D eigenvalue weighted by atomic mass is 16.6. The van der Waals surface area contributed by atoms with Crippen LogP contribution in [0.1, 0.15) is 70.0 Å². The predicted octanol–water partition coefficient (Wildman–Crippen LogP) is 2.19. The van der Waals surface area contributed by atoms with Crippen molar-refractivity contribution in [2.24, 2.45) is 5.92 Å². The van der Waals surface area contributed by atoms with Crippen LogP contribution in [0, 0.1) is 5.92 Å². The van der Waals surface area contributed by atoms with Crippen molar-refractivity contribution in [3.63, 3.8) is 0 Å². The Balaban J connectivity index is 1.98. The van der Waals surface area contributed by atoms with Crippen molar-refractivity contribution in [2.45, 2.75) is 77.9 Å². The van der Waals surface area contributed by atoms with Gasteiger partial charge in [0, 0.05) is 18.9 Å². The molecule has 1 aliphatic rings. The lowest BCUT2D eigenvalue weighted by atomic mass is 10.0. The Morgan fingerprint density at radius 1 is 1.15 bits per heavy atom. The molecular formula is C23H32NO9+. The minimum Gasteiger partial charge on any atom is -0.477 e. The molecule has 0 aliphatic carbocycles. The number of carbonyl (C=O) groups is 4. The molecule has 1 aliphatic heterocycles. The first kappa shape index (κ1) is 26.2. The molecule has 0 aromatic carbocycles. The number of rotatable bonds is 11. The number of aromatic carboxylic acids is 1. The number of ether oxygens (including phenoxy) is 4. The van der Waals surface area contributed by atoms with Gasteiger partial charge in [-0.2, -0.15) is 4.57 Å². The maximum atomic E-state index is 12.1. The second-order valence-electron chi connectivity index (χ2n) is 7.95. The summed E-state index contributed by atoms with van der Waals surface area (Å²) in [5.74, 6) is -2.97. The topological polar surface area (TPSA) is 129 Å². The molecule has 1 N–H and O–H groups in total. The Morgan fingerprint density at radius 2 is 1.82 bits per heavy atom. The van der Waals surface area contributed by atoms with E-state index in [2.05, 4.69) is 0 Å². The van der Waals surface area contributed by atoms with Crippen molar-refractivity contribution in [3.05, 3.63) is 30.1 Å². The van der Waals surface area contributed by atoms with Crippen molar-refractivity contribution in [1.29, 1.82) is 0 Å². The fourth-order valence-electron chi connectivity index (χ4n) is 3.57. The van der Waals surface area contributed by atoms with Crippen molar-refractivity contribution >= 4 is 23.9 Å². The molecule has 0 saturated carbocycles. The number of carboxylic acids is 1. The number of esters is 3. The number of hydrogen-bond acceptors (Lipinski definition) is 8. The average Bonchev–Trinajstić information content (AvgIpc) is 3.09. The third-order valence-corrected chi connectivity index (χ3v) is 5.52. The molecule has 182 valence electrons. The Bertz CT molecular complexity index is 852. The Hall–Kier alpha value is -3.01. The van der Waals surface area contributed by atoms with Crippen LogP contribution in [0.15, 0.2) is 24.5 Å². The van der Waals surface area contributed by atoms with E-state index in [0.717, 1.165) is 0 Å². The van der Waals surface area contributed by atoms with Crippen molar-refractivity contribution < 1.29 is 47.8 Å². The maximum absolute atomic E-state index is 12.1. The van der Waals surface area contributed by atoms with Crippen LogP contribution < -0.4 is 4.57 Å². The number of hydrogen-bond donors (Lipinski definition) is 1. The first-order valence-corrected chi connectivity index (χ1v) is 11.1. The normalized spacial score (nSPS) is 22.1. The third-order valence-electron chi connectivity index (χ3n) is 5.52. The number of pyridine rings is 1. The molecule has 1 aromatic heterocycles. The summed E-state index contributed by atoms with van der Waals surface area (Å²) in [4.78, 5) is 46.9. The molecule has 4 atom stereocenters. The van der Waals surface area contributed by atoms with Gasteiger partial charge in [-0.05, 0) is 18.9 Å². The highest BCUT2D eigenvalue weighted by Crippen LogP contribution is 2.33. The molecule has 33 heavy (non-hydrogen) atoms. The highest BCUT2D eigenvalue weighted by molar-refractivity contribution is 5.86. The van der Waals surface area contributed by atoms with Gasteiger partial charge in [0.05, 0.1) is 12.8 Å². The molecule has 2 rings (SSSR count). The highest BCUT2D eigenvalue weighted by Gasteiger charge is 2.50. The van der Waals surface area contributed by atoms with E-state index in [9.17, 15) is 24.3 Å². The van der Waals surface area contributed by atoms with E-state index in [4.69, 9.17) is 18.9 Å². The molecule has 0 radical (unpaired) electrons. The van der Waals surface area contributed by atoms with Gasteiger partial charge in [0.1, 0.15) is 24.4 Å². The van der Waals surface area contributed by atoms with Crippen molar-refractivity contribution in [1.82, 2.24) is 0 Å². The molecule has 0 amide bonds. The summed E-state index contributed by atoms with van der Waals surface area (Å²) in [6.07, 6.45) is 1.96. The molecule has 0 bridgehead atoms. The summed E-state index contributed by atoms with van der Waals surface area (Å²) in [6.45, 7) is 6.81.